The zero-order valence-corrected chi connectivity index (χ0v) is 11.8. The van der Waals surface area contributed by atoms with Crippen LogP contribution in [0.15, 0.2) is 12.1 Å². The molecule has 2 heterocycles. The fraction of sp³-hybridized carbons (Fsp3) is 0.714. The number of rotatable bonds is 3. The summed E-state index contributed by atoms with van der Waals surface area (Å²) in [6.45, 7) is 5.16. The smallest absolute Gasteiger partial charge is 0.352 e. The molecule has 0 unspecified atom stereocenters. The third kappa shape index (κ3) is 3.22. The lowest BCUT2D eigenvalue weighted by atomic mass is 9.90. The van der Waals surface area contributed by atoms with E-state index in [0.717, 1.165) is 31.9 Å². The van der Waals surface area contributed by atoms with Crippen LogP contribution in [0.2, 0.25) is 0 Å². The quantitative estimate of drug-likeness (QED) is 0.844. The van der Waals surface area contributed by atoms with Crippen molar-refractivity contribution in [1.82, 2.24) is 10.2 Å². The summed E-state index contributed by atoms with van der Waals surface area (Å²) in [5.41, 5.74) is -0.932. The molecule has 6 heteroatoms. The van der Waals surface area contributed by atoms with Crippen LogP contribution in [0, 0.1) is 5.92 Å². The summed E-state index contributed by atoms with van der Waals surface area (Å²) < 4.78 is 37.5. The molecule has 2 atom stereocenters. The van der Waals surface area contributed by atoms with Crippen molar-refractivity contribution >= 4 is 5.82 Å². The molecular formula is C14H20F3N3. The maximum absolute atomic E-state index is 12.5. The Kier molecular flexibility index (Phi) is 4.50. The summed E-state index contributed by atoms with van der Waals surface area (Å²) in [5, 5.41) is 7.12. The van der Waals surface area contributed by atoms with Gasteiger partial charge < -0.3 is 4.90 Å². The summed E-state index contributed by atoms with van der Waals surface area (Å²) in [7, 11) is 0. The van der Waals surface area contributed by atoms with Gasteiger partial charge in [0.15, 0.2) is 11.5 Å². The van der Waals surface area contributed by atoms with Gasteiger partial charge in [-0.25, -0.2) is 0 Å². The highest BCUT2D eigenvalue weighted by Gasteiger charge is 2.34. The Balaban J connectivity index is 2.20. The summed E-state index contributed by atoms with van der Waals surface area (Å²) in [4.78, 5) is 2.12. The van der Waals surface area contributed by atoms with Crippen LogP contribution < -0.4 is 4.90 Å². The van der Waals surface area contributed by atoms with Gasteiger partial charge in [-0.2, -0.15) is 13.2 Å². The zero-order chi connectivity index (χ0) is 14.8. The number of hydrogen-bond donors (Lipinski definition) is 0. The van der Waals surface area contributed by atoms with Gasteiger partial charge in [0.1, 0.15) is 0 Å². The largest absolute Gasteiger partial charge is 0.435 e. The molecule has 0 radical (unpaired) electrons. The van der Waals surface area contributed by atoms with Crippen LogP contribution in [0.1, 0.15) is 45.2 Å². The molecule has 3 nitrogen and oxygen atoms in total. The van der Waals surface area contributed by atoms with E-state index in [9.17, 15) is 13.2 Å². The van der Waals surface area contributed by atoms with E-state index in [4.69, 9.17) is 0 Å². The van der Waals surface area contributed by atoms with Gasteiger partial charge in [0.25, 0.3) is 0 Å². The van der Waals surface area contributed by atoms with E-state index >= 15 is 0 Å². The van der Waals surface area contributed by atoms with Gasteiger partial charge in [-0.3, -0.25) is 0 Å². The van der Waals surface area contributed by atoms with E-state index in [1.54, 1.807) is 0 Å². The predicted molar refractivity (Wildman–Crippen MR) is 71.5 cm³/mol. The van der Waals surface area contributed by atoms with Gasteiger partial charge in [-0.1, -0.05) is 20.3 Å². The molecule has 2 rings (SSSR count). The zero-order valence-electron chi connectivity index (χ0n) is 11.8. The van der Waals surface area contributed by atoms with Gasteiger partial charge in [0.2, 0.25) is 0 Å². The average Bonchev–Trinajstić information content (AvgIpc) is 2.45. The molecule has 112 valence electrons. The molecule has 0 bridgehead atoms. The number of aromatic nitrogens is 2. The highest BCUT2D eigenvalue weighted by Crippen LogP contribution is 2.31. The first-order chi connectivity index (χ1) is 9.43. The lowest BCUT2D eigenvalue weighted by molar-refractivity contribution is -0.141. The SMILES string of the molecule is CC[C@@H](C)[C@@H]1CCCCN1c1ccc(C(F)(F)F)nn1. The molecule has 1 aromatic rings. The summed E-state index contributed by atoms with van der Waals surface area (Å²) in [5.74, 6) is 1.06. The minimum atomic E-state index is -4.43. The first-order valence-corrected chi connectivity index (χ1v) is 7.11. The van der Waals surface area contributed by atoms with E-state index in [-0.39, 0.29) is 0 Å². The molecule has 0 amide bonds. The van der Waals surface area contributed by atoms with Crippen molar-refractivity contribution in [3.8, 4) is 0 Å². The lowest BCUT2D eigenvalue weighted by Gasteiger charge is -2.39. The topological polar surface area (TPSA) is 29.0 Å². The minimum absolute atomic E-state index is 0.347. The van der Waals surface area contributed by atoms with Crippen LogP contribution >= 0.6 is 0 Å². The fourth-order valence-corrected chi connectivity index (χ4v) is 2.74. The van der Waals surface area contributed by atoms with E-state index in [0.29, 0.717) is 17.8 Å². The summed E-state index contributed by atoms with van der Waals surface area (Å²) in [6, 6.07) is 2.81. The Hall–Kier alpha value is -1.33. The number of alkyl halides is 3. The van der Waals surface area contributed by atoms with Crippen molar-refractivity contribution < 1.29 is 13.2 Å². The number of halogens is 3. The maximum Gasteiger partial charge on any atom is 0.435 e. The molecule has 20 heavy (non-hydrogen) atoms. The van der Waals surface area contributed by atoms with E-state index in [2.05, 4.69) is 28.9 Å². The molecule has 0 aliphatic carbocycles. The molecule has 1 saturated heterocycles. The van der Waals surface area contributed by atoms with Crippen LogP contribution in [-0.4, -0.2) is 22.8 Å². The molecule has 1 aromatic heterocycles. The van der Waals surface area contributed by atoms with Crippen LogP contribution in [0.4, 0.5) is 19.0 Å². The molecule has 1 aliphatic rings. The van der Waals surface area contributed by atoms with Gasteiger partial charge in [-0.15, -0.1) is 10.2 Å². The number of piperidine rings is 1. The van der Waals surface area contributed by atoms with Crippen molar-refractivity contribution in [2.45, 2.75) is 51.7 Å². The highest BCUT2D eigenvalue weighted by molar-refractivity contribution is 5.39. The second-order valence-electron chi connectivity index (χ2n) is 5.42. The first kappa shape index (κ1) is 15.1. The fourth-order valence-electron chi connectivity index (χ4n) is 2.74. The second-order valence-corrected chi connectivity index (χ2v) is 5.42. The molecule has 1 fully saturated rings. The van der Waals surface area contributed by atoms with Crippen LogP contribution in [0.25, 0.3) is 0 Å². The highest BCUT2D eigenvalue weighted by atomic mass is 19.4. The molecule has 0 aromatic carbocycles. The molecule has 0 saturated carbocycles. The minimum Gasteiger partial charge on any atom is -0.352 e. The standard InChI is InChI=1S/C14H20F3N3/c1-3-10(2)11-6-4-5-9-20(11)13-8-7-12(18-19-13)14(15,16)17/h7-8,10-11H,3-6,9H2,1-2H3/t10-,11+/m1/s1. The van der Waals surface area contributed by atoms with Gasteiger partial charge >= 0.3 is 6.18 Å². The van der Waals surface area contributed by atoms with E-state index < -0.39 is 11.9 Å². The van der Waals surface area contributed by atoms with E-state index in [1.165, 1.54) is 12.5 Å². The monoisotopic (exact) mass is 287 g/mol. The molecule has 0 N–H and O–H groups in total. The van der Waals surface area contributed by atoms with Crippen molar-refractivity contribution in [2.24, 2.45) is 5.92 Å². The van der Waals surface area contributed by atoms with Gasteiger partial charge in [-0.05, 0) is 37.3 Å². The third-order valence-electron chi connectivity index (χ3n) is 4.09. The summed E-state index contributed by atoms with van der Waals surface area (Å²) in [6.07, 6.45) is -0.0916. The lowest BCUT2D eigenvalue weighted by Crippen LogP contribution is -2.44. The summed E-state index contributed by atoms with van der Waals surface area (Å²) >= 11 is 0. The van der Waals surface area contributed by atoms with Gasteiger partial charge in [0, 0.05) is 12.6 Å². The normalized spacial score (nSPS) is 21.9. The average molecular weight is 287 g/mol. The molecular weight excluding hydrogens is 267 g/mol. The third-order valence-corrected chi connectivity index (χ3v) is 4.09. The van der Waals surface area contributed by atoms with Crippen molar-refractivity contribution in [3.63, 3.8) is 0 Å². The van der Waals surface area contributed by atoms with Crippen molar-refractivity contribution in [3.05, 3.63) is 17.8 Å². The van der Waals surface area contributed by atoms with Gasteiger partial charge in [0.05, 0.1) is 0 Å². The number of anilines is 1. The Bertz CT molecular complexity index is 430. The first-order valence-electron chi connectivity index (χ1n) is 7.11. The molecule has 0 spiro atoms. The maximum atomic E-state index is 12.5. The second kappa shape index (κ2) is 5.97. The Morgan fingerprint density at radius 1 is 1.30 bits per heavy atom. The predicted octanol–water partition coefficient (Wildman–Crippen LogP) is 3.90. The van der Waals surface area contributed by atoms with Crippen LogP contribution in [-0.2, 0) is 6.18 Å². The van der Waals surface area contributed by atoms with Crippen LogP contribution in [0.5, 0.6) is 0 Å². The van der Waals surface area contributed by atoms with E-state index in [1.807, 2.05) is 0 Å². The van der Waals surface area contributed by atoms with Crippen molar-refractivity contribution in [2.75, 3.05) is 11.4 Å². The van der Waals surface area contributed by atoms with Crippen molar-refractivity contribution in [1.29, 1.82) is 0 Å². The number of hydrogen-bond acceptors (Lipinski definition) is 3. The Morgan fingerprint density at radius 3 is 2.60 bits per heavy atom. The Morgan fingerprint density at radius 2 is 2.05 bits per heavy atom. The molecule has 1 aliphatic heterocycles. The Labute approximate surface area is 117 Å². The van der Waals surface area contributed by atoms with Crippen LogP contribution in [0.3, 0.4) is 0 Å². The number of nitrogens with zero attached hydrogens (tertiary/aromatic N) is 3.